The van der Waals surface area contributed by atoms with Crippen LogP contribution in [0.15, 0.2) is 24.3 Å². The van der Waals surface area contributed by atoms with Gasteiger partial charge in [-0.25, -0.2) is 0 Å². The molecule has 1 aromatic rings. The number of amides is 1. The highest BCUT2D eigenvalue weighted by atomic mass is 16.3. The van der Waals surface area contributed by atoms with Crippen molar-refractivity contribution in [2.45, 2.75) is 75.8 Å². The van der Waals surface area contributed by atoms with Crippen LogP contribution in [0.5, 0.6) is 0 Å². The first-order valence-electron chi connectivity index (χ1n) is 12.5. The van der Waals surface area contributed by atoms with Crippen LogP contribution in [0.3, 0.4) is 0 Å². The first-order valence-corrected chi connectivity index (χ1v) is 12.5. The fourth-order valence-corrected chi connectivity index (χ4v) is 6.10. The number of hydrogen-bond donors (Lipinski definition) is 1. The van der Waals surface area contributed by atoms with Gasteiger partial charge in [-0.2, -0.15) is 0 Å². The molecule has 2 saturated carbocycles. The number of hydrogen-bond acceptors (Lipinski definition) is 3. The Hall–Kier alpha value is -1.83. The number of carbonyl (C=O) groups excluding carboxylic acids is 1. The molecule has 1 N–H and O–H groups in total. The zero-order chi connectivity index (χ0) is 21.2. The van der Waals surface area contributed by atoms with E-state index in [1.165, 1.54) is 37.7 Å². The number of benzene rings is 1. The van der Waals surface area contributed by atoms with E-state index in [0.717, 1.165) is 50.9 Å². The Labute approximate surface area is 187 Å². The summed E-state index contributed by atoms with van der Waals surface area (Å²) in [5.74, 6) is 8.32. The van der Waals surface area contributed by atoms with Gasteiger partial charge in [-0.15, -0.1) is 0 Å². The summed E-state index contributed by atoms with van der Waals surface area (Å²) in [5.41, 5.74) is 2.37. The van der Waals surface area contributed by atoms with Gasteiger partial charge >= 0.3 is 0 Å². The summed E-state index contributed by atoms with van der Waals surface area (Å²) in [6.45, 7) is 2.91. The molecule has 4 aliphatic rings. The summed E-state index contributed by atoms with van der Waals surface area (Å²) in [5, 5.41) is 10.1. The fourth-order valence-electron chi connectivity index (χ4n) is 6.10. The Kier molecular flexibility index (Phi) is 6.34. The Balaban J connectivity index is 1.31. The highest BCUT2D eigenvalue weighted by molar-refractivity contribution is 5.79. The SMILES string of the molecule is O=C(C1CCC1)N1CCCCN2[C@@H](CO)[C@H](c3ccc(C#CC4CCCC4)cc3)[C@@H]2C1. The number of fused-ring (bicyclic) bond motifs is 1. The molecule has 2 aliphatic heterocycles. The number of rotatable bonds is 3. The van der Waals surface area contributed by atoms with E-state index >= 15 is 0 Å². The van der Waals surface area contributed by atoms with Crippen molar-refractivity contribution >= 4 is 5.91 Å². The number of nitrogens with zero attached hydrogens (tertiary/aromatic N) is 2. The number of aliphatic hydroxyl groups excluding tert-OH is 1. The molecule has 4 heteroatoms. The fraction of sp³-hybridized carbons (Fsp3) is 0.667. The van der Waals surface area contributed by atoms with Crippen molar-refractivity contribution in [3.63, 3.8) is 0 Å². The molecule has 1 aromatic carbocycles. The maximum Gasteiger partial charge on any atom is 0.225 e. The third-order valence-corrected chi connectivity index (χ3v) is 8.21. The highest BCUT2D eigenvalue weighted by Crippen LogP contribution is 2.42. The standard InChI is InChI=1S/C27H36N2O2/c30-19-25-26(22-14-12-21(13-15-22)11-10-20-6-1-2-7-20)24-18-28(16-3-4-17-29(24)25)27(31)23-8-5-9-23/h12-15,20,23-26,30H,1-9,16-19H2/t24-,25-,26+/m0/s1. The third-order valence-electron chi connectivity index (χ3n) is 8.21. The van der Waals surface area contributed by atoms with Crippen molar-refractivity contribution in [3.05, 3.63) is 35.4 Å². The van der Waals surface area contributed by atoms with E-state index in [1.54, 1.807) is 0 Å². The molecule has 0 bridgehead atoms. The minimum absolute atomic E-state index is 0.166. The molecule has 2 aliphatic carbocycles. The second-order valence-electron chi connectivity index (χ2n) is 10.1. The molecule has 0 radical (unpaired) electrons. The van der Waals surface area contributed by atoms with E-state index in [2.05, 4.69) is 45.9 Å². The second kappa shape index (κ2) is 9.35. The van der Waals surface area contributed by atoms with Crippen LogP contribution in [0.2, 0.25) is 0 Å². The van der Waals surface area contributed by atoms with Gasteiger partial charge in [0.15, 0.2) is 0 Å². The molecule has 4 fully saturated rings. The van der Waals surface area contributed by atoms with Gasteiger partial charge in [0.1, 0.15) is 0 Å². The van der Waals surface area contributed by atoms with Crippen LogP contribution in [0.1, 0.15) is 74.8 Å². The van der Waals surface area contributed by atoms with Gasteiger partial charge < -0.3 is 10.0 Å². The van der Waals surface area contributed by atoms with E-state index in [1.807, 2.05) is 0 Å². The van der Waals surface area contributed by atoms with Crippen LogP contribution in [-0.2, 0) is 4.79 Å². The zero-order valence-electron chi connectivity index (χ0n) is 18.6. The zero-order valence-corrected chi connectivity index (χ0v) is 18.6. The lowest BCUT2D eigenvalue weighted by molar-refractivity contribution is -0.143. The van der Waals surface area contributed by atoms with Crippen molar-refractivity contribution in [2.24, 2.45) is 11.8 Å². The lowest BCUT2D eigenvalue weighted by atomic mass is 9.74. The van der Waals surface area contributed by atoms with E-state index in [-0.39, 0.29) is 24.5 Å². The van der Waals surface area contributed by atoms with Gasteiger partial charge in [0.2, 0.25) is 5.91 Å². The van der Waals surface area contributed by atoms with Crippen LogP contribution in [-0.4, -0.2) is 59.1 Å². The van der Waals surface area contributed by atoms with Gasteiger partial charge in [0, 0.05) is 48.5 Å². The molecule has 31 heavy (non-hydrogen) atoms. The first kappa shape index (κ1) is 21.0. The summed E-state index contributed by atoms with van der Waals surface area (Å²) in [6, 6.07) is 9.19. The Morgan fingerprint density at radius 3 is 2.39 bits per heavy atom. The smallest absolute Gasteiger partial charge is 0.225 e. The summed E-state index contributed by atoms with van der Waals surface area (Å²) in [4.78, 5) is 17.6. The van der Waals surface area contributed by atoms with Crippen molar-refractivity contribution < 1.29 is 9.90 Å². The van der Waals surface area contributed by atoms with Crippen LogP contribution in [0.25, 0.3) is 0 Å². The Morgan fingerprint density at radius 2 is 1.71 bits per heavy atom. The van der Waals surface area contributed by atoms with Gasteiger partial charge in [0.05, 0.1) is 6.61 Å². The van der Waals surface area contributed by atoms with E-state index in [0.29, 0.717) is 17.9 Å². The quantitative estimate of drug-likeness (QED) is 0.757. The summed E-state index contributed by atoms with van der Waals surface area (Å²) in [7, 11) is 0. The minimum Gasteiger partial charge on any atom is -0.395 e. The highest BCUT2D eigenvalue weighted by Gasteiger charge is 2.49. The van der Waals surface area contributed by atoms with Crippen LogP contribution >= 0.6 is 0 Å². The molecule has 4 nitrogen and oxygen atoms in total. The maximum absolute atomic E-state index is 13.0. The molecule has 5 rings (SSSR count). The number of carbonyl (C=O) groups is 1. The average molecular weight is 421 g/mol. The Morgan fingerprint density at radius 1 is 0.968 bits per heavy atom. The first-order chi connectivity index (χ1) is 15.2. The van der Waals surface area contributed by atoms with Crippen molar-refractivity contribution in [1.82, 2.24) is 9.80 Å². The van der Waals surface area contributed by atoms with E-state index < -0.39 is 0 Å². The summed E-state index contributed by atoms with van der Waals surface area (Å²) < 4.78 is 0. The van der Waals surface area contributed by atoms with Gasteiger partial charge in [-0.3, -0.25) is 9.69 Å². The predicted molar refractivity (Wildman–Crippen MR) is 123 cm³/mol. The minimum atomic E-state index is 0.166. The van der Waals surface area contributed by atoms with Crippen LogP contribution < -0.4 is 0 Å². The second-order valence-corrected chi connectivity index (χ2v) is 10.1. The lowest BCUT2D eigenvalue weighted by Crippen LogP contribution is -2.68. The molecule has 166 valence electrons. The van der Waals surface area contributed by atoms with Gasteiger partial charge in [-0.1, -0.05) is 43.2 Å². The molecule has 1 amide bonds. The molecule has 2 heterocycles. The normalized spacial score (nSPS) is 29.7. The lowest BCUT2D eigenvalue weighted by Gasteiger charge is -2.57. The average Bonchev–Trinajstić information content (AvgIpc) is 3.24. The topological polar surface area (TPSA) is 43.8 Å². The molecular weight excluding hydrogens is 384 g/mol. The molecular formula is C27H36N2O2. The number of aliphatic hydroxyl groups is 1. The van der Waals surface area contributed by atoms with Crippen molar-refractivity contribution in [1.29, 1.82) is 0 Å². The molecule has 0 spiro atoms. The van der Waals surface area contributed by atoms with E-state index in [9.17, 15) is 9.90 Å². The summed E-state index contributed by atoms with van der Waals surface area (Å²) >= 11 is 0. The van der Waals surface area contributed by atoms with Crippen LogP contribution in [0, 0.1) is 23.7 Å². The van der Waals surface area contributed by atoms with Crippen molar-refractivity contribution in [2.75, 3.05) is 26.2 Å². The Bertz CT molecular complexity index is 829. The van der Waals surface area contributed by atoms with E-state index in [4.69, 9.17) is 0 Å². The predicted octanol–water partition coefficient (Wildman–Crippen LogP) is 3.78. The third kappa shape index (κ3) is 4.28. The molecule has 0 unspecified atom stereocenters. The maximum atomic E-state index is 13.0. The largest absolute Gasteiger partial charge is 0.395 e. The summed E-state index contributed by atoms with van der Waals surface area (Å²) in [6.07, 6.45) is 10.6. The molecule has 0 aromatic heterocycles. The van der Waals surface area contributed by atoms with Crippen molar-refractivity contribution in [3.8, 4) is 11.8 Å². The molecule has 2 saturated heterocycles. The monoisotopic (exact) mass is 420 g/mol. The van der Waals surface area contributed by atoms with Gasteiger partial charge in [-0.05, 0) is 62.8 Å². The van der Waals surface area contributed by atoms with Gasteiger partial charge in [0.25, 0.3) is 0 Å². The van der Waals surface area contributed by atoms with Crippen LogP contribution in [0.4, 0.5) is 0 Å². The molecule has 3 atom stereocenters.